The van der Waals surface area contributed by atoms with E-state index in [2.05, 4.69) is 10.1 Å². The summed E-state index contributed by atoms with van der Waals surface area (Å²) in [6.07, 6.45) is 4.29. The summed E-state index contributed by atoms with van der Waals surface area (Å²) in [6, 6.07) is 8.98. The van der Waals surface area contributed by atoms with Gasteiger partial charge in [-0.15, -0.1) is 0 Å². The van der Waals surface area contributed by atoms with Gasteiger partial charge in [0.15, 0.2) is 17.3 Å². The van der Waals surface area contributed by atoms with Crippen LogP contribution in [0.15, 0.2) is 47.9 Å². The summed E-state index contributed by atoms with van der Waals surface area (Å²) in [4.78, 5) is 4.05. The predicted molar refractivity (Wildman–Crippen MR) is 78.9 cm³/mol. The van der Waals surface area contributed by atoms with Crippen molar-refractivity contribution in [3.63, 3.8) is 0 Å². The van der Waals surface area contributed by atoms with Crippen molar-refractivity contribution >= 4 is 5.84 Å². The molecule has 0 unspecified atom stereocenters. The Morgan fingerprint density at radius 1 is 1.33 bits per heavy atom. The van der Waals surface area contributed by atoms with Crippen molar-refractivity contribution in [2.45, 2.75) is 6.42 Å². The Morgan fingerprint density at radius 3 is 2.86 bits per heavy atom. The van der Waals surface area contributed by atoms with Crippen LogP contribution in [0.25, 0.3) is 0 Å². The minimum absolute atomic E-state index is 0.0233. The second-order valence-electron chi connectivity index (χ2n) is 4.31. The Bertz CT molecular complexity index is 615. The predicted octanol–water partition coefficient (Wildman–Crippen LogP) is 1.81. The molecule has 6 nitrogen and oxygen atoms in total. The maximum absolute atomic E-state index is 8.67. The molecule has 1 heterocycles. The average Bonchev–Trinajstić information content (AvgIpc) is 2.55. The first-order valence-corrected chi connectivity index (χ1v) is 6.42. The molecule has 0 spiro atoms. The van der Waals surface area contributed by atoms with Crippen molar-refractivity contribution in [1.29, 1.82) is 0 Å². The number of rotatable bonds is 6. The highest BCUT2D eigenvalue weighted by Crippen LogP contribution is 2.28. The van der Waals surface area contributed by atoms with Gasteiger partial charge < -0.3 is 20.4 Å². The molecule has 0 saturated heterocycles. The Hall–Kier alpha value is -2.76. The highest BCUT2D eigenvalue weighted by atomic mass is 16.5. The standard InChI is InChI=1S/C15H17N3O3/c1-20-14-9-12(15(16)18-19)4-5-13(14)21-8-6-11-3-2-7-17-10-11/h2-5,7,9-10,19H,6,8H2,1H3,(H2,16,18). The molecule has 1 aromatic heterocycles. The van der Waals surface area contributed by atoms with Crippen molar-refractivity contribution in [3.8, 4) is 11.5 Å². The molecule has 0 atom stereocenters. The summed E-state index contributed by atoms with van der Waals surface area (Å²) < 4.78 is 11.0. The minimum Gasteiger partial charge on any atom is -0.493 e. The maximum atomic E-state index is 8.67. The monoisotopic (exact) mass is 287 g/mol. The molecule has 1 aromatic carbocycles. The molecule has 110 valence electrons. The van der Waals surface area contributed by atoms with Gasteiger partial charge in [0, 0.05) is 24.4 Å². The SMILES string of the molecule is COc1cc(C(N)=NO)ccc1OCCc1cccnc1. The van der Waals surface area contributed by atoms with E-state index < -0.39 is 0 Å². The zero-order valence-corrected chi connectivity index (χ0v) is 11.7. The molecule has 0 bridgehead atoms. The third-order valence-corrected chi connectivity index (χ3v) is 2.94. The number of ether oxygens (including phenoxy) is 2. The lowest BCUT2D eigenvalue weighted by Gasteiger charge is -2.11. The Kier molecular flexibility index (Phi) is 4.98. The smallest absolute Gasteiger partial charge is 0.170 e. The van der Waals surface area contributed by atoms with Gasteiger partial charge in [0.05, 0.1) is 13.7 Å². The topological polar surface area (TPSA) is 90.0 Å². The van der Waals surface area contributed by atoms with E-state index in [9.17, 15) is 0 Å². The van der Waals surface area contributed by atoms with Crippen LogP contribution in [-0.2, 0) is 6.42 Å². The van der Waals surface area contributed by atoms with Gasteiger partial charge in [-0.3, -0.25) is 4.98 Å². The summed E-state index contributed by atoms with van der Waals surface area (Å²) in [5.41, 5.74) is 7.21. The molecule has 0 saturated carbocycles. The Balaban J connectivity index is 2.03. The lowest BCUT2D eigenvalue weighted by molar-refractivity contribution is 0.297. The largest absolute Gasteiger partial charge is 0.493 e. The highest BCUT2D eigenvalue weighted by molar-refractivity contribution is 5.97. The van der Waals surface area contributed by atoms with E-state index in [0.29, 0.717) is 23.7 Å². The Labute approximate surface area is 122 Å². The lowest BCUT2D eigenvalue weighted by atomic mass is 10.2. The average molecular weight is 287 g/mol. The molecule has 6 heteroatoms. The van der Waals surface area contributed by atoms with Crippen LogP contribution in [0.3, 0.4) is 0 Å². The third kappa shape index (κ3) is 3.85. The van der Waals surface area contributed by atoms with Gasteiger partial charge in [-0.25, -0.2) is 0 Å². The molecule has 2 aromatic rings. The number of pyridine rings is 1. The van der Waals surface area contributed by atoms with Crippen LogP contribution in [0.5, 0.6) is 11.5 Å². The fourth-order valence-electron chi connectivity index (χ4n) is 1.83. The van der Waals surface area contributed by atoms with Crippen LogP contribution in [-0.4, -0.2) is 29.7 Å². The van der Waals surface area contributed by atoms with Crippen LogP contribution in [0.4, 0.5) is 0 Å². The molecule has 0 fully saturated rings. The quantitative estimate of drug-likeness (QED) is 0.366. The van der Waals surface area contributed by atoms with E-state index in [0.717, 1.165) is 12.0 Å². The lowest BCUT2D eigenvalue weighted by Crippen LogP contribution is -2.13. The number of oxime groups is 1. The fraction of sp³-hybridized carbons (Fsp3) is 0.200. The number of aromatic nitrogens is 1. The second kappa shape index (κ2) is 7.14. The zero-order valence-electron chi connectivity index (χ0n) is 11.7. The number of nitrogens with two attached hydrogens (primary N) is 1. The van der Waals surface area contributed by atoms with E-state index in [1.807, 2.05) is 18.3 Å². The summed E-state index contributed by atoms with van der Waals surface area (Å²) in [5, 5.41) is 11.6. The summed E-state index contributed by atoms with van der Waals surface area (Å²) in [7, 11) is 1.54. The van der Waals surface area contributed by atoms with Crippen LogP contribution in [0, 0.1) is 0 Å². The summed E-state index contributed by atoms with van der Waals surface area (Å²) in [6.45, 7) is 0.505. The maximum Gasteiger partial charge on any atom is 0.170 e. The van der Waals surface area contributed by atoms with Gasteiger partial charge >= 0.3 is 0 Å². The van der Waals surface area contributed by atoms with E-state index in [1.54, 1.807) is 31.5 Å². The Morgan fingerprint density at radius 2 is 2.19 bits per heavy atom. The number of amidine groups is 1. The van der Waals surface area contributed by atoms with Crippen LogP contribution < -0.4 is 15.2 Å². The van der Waals surface area contributed by atoms with Gasteiger partial charge in [-0.05, 0) is 29.8 Å². The van der Waals surface area contributed by atoms with Crippen LogP contribution in [0.1, 0.15) is 11.1 Å². The normalized spacial score (nSPS) is 11.2. The zero-order chi connectivity index (χ0) is 15.1. The highest BCUT2D eigenvalue weighted by Gasteiger charge is 2.08. The van der Waals surface area contributed by atoms with E-state index in [4.69, 9.17) is 20.4 Å². The molecule has 0 aliphatic heterocycles. The minimum atomic E-state index is 0.0233. The summed E-state index contributed by atoms with van der Waals surface area (Å²) in [5.74, 6) is 1.16. The van der Waals surface area contributed by atoms with Crippen molar-refractivity contribution in [3.05, 3.63) is 53.9 Å². The van der Waals surface area contributed by atoms with E-state index in [1.165, 1.54) is 0 Å². The number of methoxy groups -OCH3 is 1. The molecule has 0 radical (unpaired) electrons. The van der Waals surface area contributed by atoms with Crippen LogP contribution in [0.2, 0.25) is 0 Å². The van der Waals surface area contributed by atoms with Crippen molar-refractivity contribution in [2.75, 3.05) is 13.7 Å². The molecular formula is C15H17N3O3. The van der Waals surface area contributed by atoms with Gasteiger partial charge in [0.1, 0.15) is 0 Å². The van der Waals surface area contributed by atoms with Crippen molar-refractivity contribution < 1.29 is 14.7 Å². The van der Waals surface area contributed by atoms with E-state index in [-0.39, 0.29) is 5.84 Å². The van der Waals surface area contributed by atoms with Crippen molar-refractivity contribution in [2.24, 2.45) is 10.9 Å². The first-order valence-electron chi connectivity index (χ1n) is 6.42. The number of hydrogen-bond acceptors (Lipinski definition) is 5. The van der Waals surface area contributed by atoms with Crippen molar-refractivity contribution in [1.82, 2.24) is 4.98 Å². The second-order valence-corrected chi connectivity index (χ2v) is 4.31. The molecule has 2 rings (SSSR count). The number of benzene rings is 1. The fourth-order valence-corrected chi connectivity index (χ4v) is 1.83. The third-order valence-electron chi connectivity index (χ3n) is 2.94. The van der Waals surface area contributed by atoms with Gasteiger partial charge in [-0.2, -0.15) is 0 Å². The van der Waals surface area contributed by atoms with E-state index >= 15 is 0 Å². The van der Waals surface area contributed by atoms with Gasteiger partial charge in [0.2, 0.25) is 0 Å². The van der Waals surface area contributed by atoms with Crippen LogP contribution >= 0.6 is 0 Å². The summed E-state index contributed by atoms with van der Waals surface area (Å²) >= 11 is 0. The number of hydrogen-bond donors (Lipinski definition) is 2. The molecule has 0 amide bonds. The van der Waals surface area contributed by atoms with Gasteiger partial charge in [0.25, 0.3) is 0 Å². The molecule has 3 N–H and O–H groups in total. The molecular weight excluding hydrogens is 270 g/mol. The molecule has 0 aliphatic carbocycles. The first kappa shape index (κ1) is 14.6. The van der Waals surface area contributed by atoms with Gasteiger partial charge in [-0.1, -0.05) is 11.2 Å². The number of nitrogens with zero attached hydrogens (tertiary/aromatic N) is 2. The first-order chi connectivity index (χ1) is 10.2. The molecule has 0 aliphatic rings. The molecule has 21 heavy (non-hydrogen) atoms.